The van der Waals surface area contributed by atoms with Crippen molar-refractivity contribution >= 4 is 44.2 Å². The molecule has 1 N–H and O–H groups in total. The first-order chi connectivity index (χ1) is 15.6. The molecular weight excluding hydrogens is 462 g/mol. The second-order valence-corrected chi connectivity index (χ2v) is 10.2. The standard InChI is InChI=1S/C24H26ClN3O4S/c1-17(24(30)26-2)28(15-18-8-11-21(25)12-9-18)23(29)16-27(3)33(31,32)22-13-10-19-6-4-5-7-20(19)14-22/h4-14,17H,15-16H2,1-3H3,(H,26,30). The molecule has 0 heterocycles. The average Bonchev–Trinajstić information content (AvgIpc) is 2.82. The summed E-state index contributed by atoms with van der Waals surface area (Å²) in [5.74, 6) is -0.842. The fourth-order valence-corrected chi connectivity index (χ4v) is 4.73. The maximum absolute atomic E-state index is 13.2. The van der Waals surface area contributed by atoms with E-state index < -0.39 is 28.5 Å². The minimum Gasteiger partial charge on any atom is -0.357 e. The lowest BCUT2D eigenvalue weighted by Crippen LogP contribution is -2.50. The highest BCUT2D eigenvalue weighted by molar-refractivity contribution is 7.89. The summed E-state index contributed by atoms with van der Waals surface area (Å²) in [6.45, 7) is 1.32. The molecule has 3 rings (SSSR count). The van der Waals surface area contributed by atoms with Gasteiger partial charge in [-0.05, 0) is 47.5 Å². The van der Waals surface area contributed by atoms with Crippen molar-refractivity contribution in [2.45, 2.75) is 24.4 Å². The lowest BCUT2D eigenvalue weighted by Gasteiger charge is -2.30. The van der Waals surface area contributed by atoms with Gasteiger partial charge in [-0.2, -0.15) is 4.31 Å². The first-order valence-corrected chi connectivity index (χ1v) is 12.2. The Morgan fingerprint density at radius 3 is 2.27 bits per heavy atom. The lowest BCUT2D eigenvalue weighted by atomic mass is 10.1. The zero-order chi connectivity index (χ0) is 24.2. The van der Waals surface area contributed by atoms with Crippen molar-refractivity contribution in [1.29, 1.82) is 0 Å². The molecule has 2 amide bonds. The number of benzene rings is 3. The van der Waals surface area contributed by atoms with E-state index in [0.717, 1.165) is 20.6 Å². The fraction of sp³-hybridized carbons (Fsp3) is 0.250. The van der Waals surface area contributed by atoms with Gasteiger partial charge in [-0.15, -0.1) is 0 Å². The van der Waals surface area contributed by atoms with Crippen molar-refractivity contribution in [3.05, 3.63) is 77.3 Å². The van der Waals surface area contributed by atoms with E-state index in [4.69, 9.17) is 11.6 Å². The van der Waals surface area contributed by atoms with Gasteiger partial charge in [0.15, 0.2) is 0 Å². The summed E-state index contributed by atoms with van der Waals surface area (Å²) in [5.41, 5.74) is 0.767. The number of amides is 2. The molecule has 3 aromatic carbocycles. The molecule has 0 aromatic heterocycles. The first kappa shape index (κ1) is 24.7. The zero-order valence-corrected chi connectivity index (χ0v) is 20.2. The normalized spacial score (nSPS) is 12.5. The predicted molar refractivity (Wildman–Crippen MR) is 129 cm³/mol. The Labute approximate surface area is 199 Å². The number of halogens is 1. The van der Waals surface area contributed by atoms with Gasteiger partial charge in [-0.1, -0.05) is 54.1 Å². The molecule has 9 heteroatoms. The number of rotatable bonds is 8. The van der Waals surface area contributed by atoms with Gasteiger partial charge in [0.25, 0.3) is 0 Å². The molecular formula is C24H26ClN3O4S. The largest absolute Gasteiger partial charge is 0.357 e. The van der Waals surface area contributed by atoms with Gasteiger partial charge >= 0.3 is 0 Å². The number of likely N-dealkylation sites (N-methyl/N-ethyl adjacent to an activating group) is 2. The number of nitrogens with one attached hydrogen (secondary N) is 1. The predicted octanol–water partition coefficient (Wildman–Crippen LogP) is 3.28. The summed E-state index contributed by atoms with van der Waals surface area (Å²) in [6, 6.07) is 18.4. The number of carbonyl (C=O) groups is 2. The lowest BCUT2D eigenvalue weighted by molar-refractivity contribution is -0.140. The summed E-state index contributed by atoms with van der Waals surface area (Å²) in [6.07, 6.45) is 0. The minimum absolute atomic E-state index is 0.0973. The molecule has 0 bridgehead atoms. The maximum atomic E-state index is 13.2. The van der Waals surface area contributed by atoms with Gasteiger partial charge in [0.05, 0.1) is 11.4 Å². The molecule has 33 heavy (non-hydrogen) atoms. The molecule has 1 atom stereocenters. The topological polar surface area (TPSA) is 86.8 Å². The molecule has 0 saturated heterocycles. The van der Waals surface area contributed by atoms with E-state index in [-0.39, 0.29) is 17.3 Å². The molecule has 0 fully saturated rings. The van der Waals surface area contributed by atoms with E-state index in [0.29, 0.717) is 5.02 Å². The Morgan fingerprint density at radius 2 is 1.64 bits per heavy atom. The number of sulfonamides is 1. The van der Waals surface area contributed by atoms with Crippen LogP contribution < -0.4 is 5.32 Å². The van der Waals surface area contributed by atoms with Crippen molar-refractivity contribution < 1.29 is 18.0 Å². The highest BCUT2D eigenvalue weighted by Crippen LogP contribution is 2.22. The molecule has 0 aliphatic carbocycles. The van der Waals surface area contributed by atoms with Gasteiger partial charge in [0, 0.05) is 25.7 Å². The molecule has 0 aliphatic heterocycles. The van der Waals surface area contributed by atoms with Crippen LogP contribution in [0.15, 0.2) is 71.6 Å². The molecule has 0 saturated carbocycles. The molecule has 0 aliphatic rings. The smallest absolute Gasteiger partial charge is 0.243 e. The number of hydrogen-bond acceptors (Lipinski definition) is 4. The monoisotopic (exact) mass is 487 g/mol. The van der Waals surface area contributed by atoms with Crippen molar-refractivity contribution in [1.82, 2.24) is 14.5 Å². The molecule has 0 spiro atoms. The van der Waals surface area contributed by atoms with Crippen molar-refractivity contribution in [3.63, 3.8) is 0 Å². The van der Waals surface area contributed by atoms with E-state index in [1.807, 2.05) is 24.3 Å². The Kier molecular flexibility index (Phi) is 7.73. The van der Waals surface area contributed by atoms with Crippen molar-refractivity contribution in [2.75, 3.05) is 20.6 Å². The van der Waals surface area contributed by atoms with Crippen LogP contribution in [-0.2, 0) is 26.2 Å². The van der Waals surface area contributed by atoms with E-state index >= 15 is 0 Å². The van der Waals surface area contributed by atoms with Gasteiger partial charge in [0.1, 0.15) is 6.04 Å². The summed E-state index contributed by atoms with van der Waals surface area (Å²) >= 11 is 5.94. The average molecular weight is 488 g/mol. The van der Waals surface area contributed by atoms with Crippen LogP contribution in [0, 0.1) is 0 Å². The molecule has 1 unspecified atom stereocenters. The van der Waals surface area contributed by atoms with Crippen LogP contribution in [0.25, 0.3) is 10.8 Å². The quantitative estimate of drug-likeness (QED) is 0.528. The van der Waals surface area contributed by atoms with E-state index in [1.165, 1.54) is 25.1 Å². The Morgan fingerprint density at radius 1 is 1.00 bits per heavy atom. The summed E-state index contributed by atoms with van der Waals surface area (Å²) in [4.78, 5) is 26.9. The summed E-state index contributed by atoms with van der Waals surface area (Å²) in [7, 11) is -1.08. The molecule has 3 aromatic rings. The van der Waals surface area contributed by atoms with Crippen LogP contribution in [-0.4, -0.2) is 56.1 Å². The van der Waals surface area contributed by atoms with Crippen LogP contribution in [0.1, 0.15) is 12.5 Å². The maximum Gasteiger partial charge on any atom is 0.243 e. The SMILES string of the molecule is CNC(=O)C(C)N(Cc1ccc(Cl)cc1)C(=O)CN(C)S(=O)(=O)c1ccc2ccccc2c1. The molecule has 7 nitrogen and oxygen atoms in total. The van der Waals surface area contributed by atoms with E-state index in [2.05, 4.69) is 5.32 Å². The van der Waals surface area contributed by atoms with Gasteiger partial charge in [-0.3, -0.25) is 9.59 Å². The third-order valence-electron chi connectivity index (χ3n) is 5.47. The van der Waals surface area contributed by atoms with Crippen LogP contribution >= 0.6 is 11.6 Å². The minimum atomic E-state index is -3.92. The Bertz CT molecular complexity index is 1260. The van der Waals surface area contributed by atoms with Crippen LogP contribution in [0.5, 0.6) is 0 Å². The summed E-state index contributed by atoms with van der Waals surface area (Å²) in [5, 5.41) is 4.80. The highest BCUT2D eigenvalue weighted by atomic mass is 35.5. The summed E-state index contributed by atoms with van der Waals surface area (Å²) < 4.78 is 27.3. The van der Waals surface area contributed by atoms with Crippen LogP contribution in [0.2, 0.25) is 5.02 Å². The van der Waals surface area contributed by atoms with Crippen molar-refractivity contribution in [2.24, 2.45) is 0 Å². The van der Waals surface area contributed by atoms with Crippen LogP contribution in [0.4, 0.5) is 0 Å². The van der Waals surface area contributed by atoms with E-state index in [9.17, 15) is 18.0 Å². The number of nitrogens with zero attached hydrogens (tertiary/aromatic N) is 2. The van der Waals surface area contributed by atoms with Gasteiger partial charge < -0.3 is 10.2 Å². The zero-order valence-electron chi connectivity index (χ0n) is 18.7. The second kappa shape index (κ2) is 10.3. The number of hydrogen-bond donors (Lipinski definition) is 1. The first-order valence-electron chi connectivity index (χ1n) is 10.3. The Hall–Kier alpha value is -2.94. The third-order valence-corrected chi connectivity index (χ3v) is 7.52. The fourth-order valence-electron chi connectivity index (χ4n) is 3.45. The van der Waals surface area contributed by atoms with E-state index in [1.54, 1.807) is 43.3 Å². The highest BCUT2D eigenvalue weighted by Gasteiger charge is 2.30. The third kappa shape index (κ3) is 5.71. The Balaban J connectivity index is 1.84. The number of carbonyl (C=O) groups excluding carboxylic acids is 2. The van der Waals surface area contributed by atoms with Crippen LogP contribution in [0.3, 0.4) is 0 Å². The molecule has 0 radical (unpaired) electrons. The van der Waals surface area contributed by atoms with Crippen molar-refractivity contribution in [3.8, 4) is 0 Å². The number of fused-ring (bicyclic) bond motifs is 1. The van der Waals surface area contributed by atoms with Gasteiger partial charge in [-0.25, -0.2) is 8.42 Å². The molecule has 174 valence electrons. The second-order valence-electron chi connectivity index (χ2n) is 7.71. The van der Waals surface area contributed by atoms with Gasteiger partial charge in [0.2, 0.25) is 21.8 Å².